The molecule has 34 heavy (non-hydrogen) atoms. The number of carbonyl (C=O) groups excluding carboxylic acids is 1. The van der Waals surface area contributed by atoms with E-state index in [0.717, 1.165) is 47.8 Å². The molecule has 0 aliphatic carbocycles. The number of methoxy groups -OCH3 is 2. The highest BCUT2D eigenvalue weighted by Crippen LogP contribution is 2.39. The van der Waals surface area contributed by atoms with Gasteiger partial charge in [-0.1, -0.05) is 54.6 Å². The molecule has 2 heterocycles. The molecule has 6 heteroatoms. The van der Waals surface area contributed by atoms with E-state index in [-0.39, 0.29) is 11.9 Å². The Morgan fingerprint density at radius 3 is 2.50 bits per heavy atom. The normalized spacial score (nSPS) is 17.8. The number of hydrogen-bond acceptors (Lipinski definition) is 5. The van der Waals surface area contributed by atoms with Crippen LogP contribution in [0.5, 0.6) is 11.5 Å². The first kappa shape index (κ1) is 22.2. The Morgan fingerprint density at radius 2 is 1.74 bits per heavy atom. The molecule has 0 bridgehead atoms. The van der Waals surface area contributed by atoms with Crippen molar-refractivity contribution in [2.45, 2.75) is 25.4 Å². The third-order valence-electron chi connectivity index (χ3n) is 6.64. The predicted molar refractivity (Wildman–Crippen MR) is 132 cm³/mol. The van der Waals surface area contributed by atoms with Gasteiger partial charge in [0, 0.05) is 25.1 Å². The second-order valence-electron chi connectivity index (χ2n) is 8.71. The first-order valence-corrected chi connectivity index (χ1v) is 11.6. The van der Waals surface area contributed by atoms with Gasteiger partial charge in [0.15, 0.2) is 0 Å². The SMILES string of the molecule is COc1ccc(OC)c(C2CC(c3ccccc3)=NN2C(=O)CN2CCc3ccccc3C2)c1. The van der Waals surface area contributed by atoms with Crippen LogP contribution in [0.1, 0.15) is 34.7 Å². The number of rotatable bonds is 6. The van der Waals surface area contributed by atoms with Gasteiger partial charge in [-0.25, -0.2) is 5.01 Å². The third-order valence-corrected chi connectivity index (χ3v) is 6.64. The largest absolute Gasteiger partial charge is 0.497 e. The van der Waals surface area contributed by atoms with Crippen LogP contribution in [0.2, 0.25) is 0 Å². The van der Waals surface area contributed by atoms with Crippen LogP contribution in [0, 0.1) is 0 Å². The number of amides is 1. The van der Waals surface area contributed by atoms with Crippen LogP contribution in [-0.2, 0) is 17.8 Å². The summed E-state index contributed by atoms with van der Waals surface area (Å²) in [7, 11) is 3.29. The van der Waals surface area contributed by atoms with E-state index in [1.165, 1.54) is 11.1 Å². The molecular formula is C28H29N3O3. The Balaban J connectivity index is 1.44. The average Bonchev–Trinajstić information content (AvgIpc) is 3.34. The molecule has 0 saturated heterocycles. The Labute approximate surface area is 200 Å². The standard InChI is InChI=1S/C28H29N3O3/c1-33-23-12-13-27(34-2)24(16-23)26-17-25(21-9-4-3-5-10-21)29-31(26)28(32)19-30-15-14-20-8-6-7-11-22(20)18-30/h3-13,16,26H,14-15,17-19H2,1-2H3. The number of hydrazone groups is 1. The summed E-state index contributed by atoms with van der Waals surface area (Å²) in [5, 5.41) is 6.49. The number of carbonyl (C=O) groups is 1. The van der Waals surface area contributed by atoms with Crippen LogP contribution in [-0.4, -0.2) is 48.8 Å². The topological polar surface area (TPSA) is 54.4 Å². The minimum absolute atomic E-state index is 0.0137. The fourth-order valence-corrected chi connectivity index (χ4v) is 4.84. The zero-order chi connectivity index (χ0) is 23.5. The van der Waals surface area contributed by atoms with Gasteiger partial charge in [-0.05, 0) is 41.3 Å². The van der Waals surface area contributed by atoms with Crippen molar-refractivity contribution in [2.75, 3.05) is 27.3 Å². The van der Waals surface area contributed by atoms with Gasteiger partial charge in [0.25, 0.3) is 5.91 Å². The van der Waals surface area contributed by atoms with Gasteiger partial charge in [0.2, 0.25) is 0 Å². The van der Waals surface area contributed by atoms with E-state index in [9.17, 15) is 4.79 Å². The Bertz CT molecular complexity index is 1210. The van der Waals surface area contributed by atoms with Crippen molar-refractivity contribution in [1.82, 2.24) is 9.91 Å². The van der Waals surface area contributed by atoms with Crippen molar-refractivity contribution < 1.29 is 14.3 Å². The smallest absolute Gasteiger partial charge is 0.257 e. The summed E-state index contributed by atoms with van der Waals surface area (Å²) in [4.78, 5) is 15.9. The fraction of sp³-hybridized carbons (Fsp3) is 0.286. The molecule has 1 amide bonds. The highest BCUT2D eigenvalue weighted by molar-refractivity contribution is 6.03. The quantitative estimate of drug-likeness (QED) is 0.552. The van der Waals surface area contributed by atoms with Crippen LogP contribution in [0.25, 0.3) is 0 Å². The summed E-state index contributed by atoms with van der Waals surface area (Å²) in [6, 6.07) is 24.0. The van der Waals surface area contributed by atoms with Crippen molar-refractivity contribution in [2.24, 2.45) is 5.10 Å². The number of hydrogen-bond donors (Lipinski definition) is 0. The van der Waals surface area contributed by atoms with Crippen LogP contribution < -0.4 is 9.47 Å². The summed E-state index contributed by atoms with van der Waals surface area (Å²) >= 11 is 0. The Hall–Kier alpha value is -3.64. The number of nitrogens with zero attached hydrogens (tertiary/aromatic N) is 3. The Morgan fingerprint density at radius 1 is 0.971 bits per heavy atom. The first-order valence-electron chi connectivity index (χ1n) is 11.6. The molecule has 0 fully saturated rings. The maximum absolute atomic E-state index is 13.6. The predicted octanol–water partition coefficient (Wildman–Crippen LogP) is 4.44. The van der Waals surface area contributed by atoms with E-state index in [2.05, 4.69) is 29.2 Å². The lowest BCUT2D eigenvalue weighted by Gasteiger charge is -2.30. The zero-order valence-electron chi connectivity index (χ0n) is 19.6. The van der Waals surface area contributed by atoms with Gasteiger partial charge in [0.05, 0.1) is 32.5 Å². The van der Waals surface area contributed by atoms with Gasteiger partial charge in [-0.15, -0.1) is 0 Å². The van der Waals surface area contributed by atoms with Crippen molar-refractivity contribution in [1.29, 1.82) is 0 Å². The monoisotopic (exact) mass is 455 g/mol. The second-order valence-corrected chi connectivity index (χ2v) is 8.71. The summed E-state index contributed by atoms with van der Waals surface area (Å²) in [6.45, 7) is 1.96. The van der Waals surface area contributed by atoms with Gasteiger partial charge < -0.3 is 9.47 Å². The molecule has 5 rings (SSSR count). The molecule has 6 nitrogen and oxygen atoms in total. The van der Waals surface area contributed by atoms with Crippen molar-refractivity contribution in [3.8, 4) is 11.5 Å². The zero-order valence-corrected chi connectivity index (χ0v) is 19.6. The van der Waals surface area contributed by atoms with E-state index in [1.807, 2.05) is 48.5 Å². The van der Waals surface area contributed by atoms with E-state index >= 15 is 0 Å². The molecule has 1 atom stereocenters. The molecule has 1 unspecified atom stereocenters. The van der Waals surface area contributed by atoms with Crippen molar-refractivity contribution in [3.63, 3.8) is 0 Å². The summed E-state index contributed by atoms with van der Waals surface area (Å²) in [5.41, 5.74) is 5.48. The number of fused-ring (bicyclic) bond motifs is 1. The van der Waals surface area contributed by atoms with Crippen LogP contribution in [0.15, 0.2) is 77.9 Å². The van der Waals surface area contributed by atoms with Crippen molar-refractivity contribution in [3.05, 3.63) is 95.1 Å². The van der Waals surface area contributed by atoms with E-state index in [4.69, 9.17) is 14.6 Å². The molecule has 3 aromatic carbocycles. The minimum atomic E-state index is -0.259. The molecule has 0 spiro atoms. The van der Waals surface area contributed by atoms with Crippen LogP contribution in [0.3, 0.4) is 0 Å². The van der Waals surface area contributed by atoms with Gasteiger partial charge in [-0.2, -0.15) is 5.10 Å². The maximum atomic E-state index is 13.6. The van der Waals surface area contributed by atoms with Crippen LogP contribution >= 0.6 is 0 Å². The van der Waals surface area contributed by atoms with Gasteiger partial charge in [-0.3, -0.25) is 9.69 Å². The average molecular weight is 456 g/mol. The van der Waals surface area contributed by atoms with E-state index in [1.54, 1.807) is 19.2 Å². The van der Waals surface area contributed by atoms with Gasteiger partial charge in [0.1, 0.15) is 11.5 Å². The molecule has 2 aliphatic rings. The van der Waals surface area contributed by atoms with Crippen LogP contribution in [0.4, 0.5) is 0 Å². The number of benzene rings is 3. The molecule has 0 N–H and O–H groups in total. The lowest BCUT2D eigenvalue weighted by atomic mass is 9.97. The highest BCUT2D eigenvalue weighted by atomic mass is 16.5. The molecule has 0 aromatic heterocycles. The molecule has 3 aromatic rings. The highest BCUT2D eigenvalue weighted by Gasteiger charge is 2.36. The molecule has 2 aliphatic heterocycles. The number of ether oxygens (including phenoxy) is 2. The first-order chi connectivity index (χ1) is 16.7. The summed E-state index contributed by atoms with van der Waals surface area (Å²) < 4.78 is 11.1. The van der Waals surface area contributed by atoms with E-state index < -0.39 is 0 Å². The summed E-state index contributed by atoms with van der Waals surface area (Å²) in [6.07, 6.45) is 1.57. The molecule has 174 valence electrons. The fourth-order valence-electron chi connectivity index (χ4n) is 4.84. The second kappa shape index (κ2) is 9.69. The maximum Gasteiger partial charge on any atom is 0.257 e. The van der Waals surface area contributed by atoms with Crippen molar-refractivity contribution >= 4 is 11.6 Å². The molecule has 0 radical (unpaired) electrons. The third kappa shape index (κ3) is 4.41. The minimum Gasteiger partial charge on any atom is -0.497 e. The molecular weight excluding hydrogens is 426 g/mol. The lowest BCUT2D eigenvalue weighted by molar-refractivity contribution is -0.134. The molecule has 0 saturated carbocycles. The summed E-state index contributed by atoms with van der Waals surface area (Å²) in [5.74, 6) is 1.43. The lowest BCUT2D eigenvalue weighted by Crippen LogP contribution is -2.40. The van der Waals surface area contributed by atoms with E-state index in [0.29, 0.717) is 13.0 Å². The van der Waals surface area contributed by atoms with Gasteiger partial charge >= 0.3 is 0 Å². The Kier molecular flexibility index (Phi) is 6.32.